The lowest BCUT2D eigenvalue weighted by Crippen LogP contribution is -2.08. The number of nitrogens with zero attached hydrogens (tertiary/aromatic N) is 2. The van der Waals surface area contributed by atoms with Gasteiger partial charge < -0.3 is 4.74 Å². The second kappa shape index (κ2) is 4.46. The smallest absolute Gasteiger partial charge is 0.420 e. The minimum absolute atomic E-state index is 0.131. The van der Waals surface area contributed by atoms with Gasteiger partial charge in [0.15, 0.2) is 5.01 Å². The summed E-state index contributed by atoms with van der Waals surface area (Å²) in [5, 5.41) is 8.82. The summed E-state index contributed by atoms with van der Waals surface area (Å²) < 4.78 is 44.0. The van der Waals surface area contributed by atoms with Gasteiger partial charge in [-0.05, 0) is 13.0 Å². The molecule has 0 saturated carbocycles. The molecule has 2 rings (SSSR count). The lowest BCUT2D eigenvalue weighted by Gasteiger charge is -2.12. The average molecular weight is 272 g/mol. The fraction of sp³-hybridized carbons (Fsp3) is 0.273. The number of halogens is 3. The Kier molecular flexibility index (Phi) is 3.13. The van der Waals surface area contributed by atoms with Gasteiger partial charge in [-0.2, -0.15) is 18.4 Å². The van der Waals surface area contributed by atoms with Crippen molar-refractivity contribution in [2.45, 2.75) is 13.1 Å². The molecule has 0 bridgehead atoms. The van der Waals surface area contributed by atoms with Crippen molar-refractivity contribution in [2.75, 3.05) is 6.61 Å². The molecule has 0 unspecified atom stereocenters. The molecule has 0 aliphatic heterocycles. The van der Waals surface area contributed by atoms with Gasteiger partial charge in [-0.15, -0.1) is 11.3 Å². The van der Waals surface area contributed by atoms with Crippen LogP contribution in [0.4, 0.5) is 13.2 Å². The van der Waals surface area contributed by atoms with Gasteiger partial charge in [-0.3, -0.25) is 0 Å². The predicted octanol–water partition coefficient (Wildman–Crippen LogP) is 3.59. The predicted molar refractivity (Wildman–Crippen MR) is 60.5 cm³/mol. The molecular weight excluding hydrogens is 265 g/mol. The van der Waals surface area contributed by atoms with Crippen LogP contribution in [0, 0.1) is 11.3 Å². The Labute approximate surface area is 104 Å². The zero-order valence-electron chi connectivity index (χ0n) is 9.21. The van der Waals surface area contributed by atoms with E-state index in [0.717, 1.165) is 17.4 Å². The van der Waals surface area contributed by atoms with Crippen LogP contribution in [0.1, 0.15) is 17.5 Å². The third kappa shape index (κ3) is 2.24. The first kappa shape index (κ1) is 12.6. The number of ether oxygens (including phenoxy) is 1. The minimum Gasteiger partial charge on any atom is -0.493 e. The van der Waals surface area contributed by atoms with Crippen molar-refractivity contribution in [3.63, 3.8) is 0 Å². The maximum Gasteiger partial charge on any atom is 0.420 e. The van der Waals surface area contributed by atoms with E-state index >= 15 is 0 Å². The van der Waals surface area contributed by atoms with E-state index in [1.54, 1.807) is 6.92 Å². The largest absolute Gasteiger partial charge is 0.493 e. The summed E-state index contributed by atoms with van der Waals surface area (Å²) >= 11 is 1.04. The molecule has 0 spiro atoms. The number of fused-ring (bicyclic) bond motifs is 1. The van der Waals surface area contributed by atoms with E-state index in [1.165, 1.54) is 6.07 Å². The summed E-state index contributed by atoms with van der Waals surface area (Å²) in [7, 11) is 0. The molecule has 94 valence electrons. The van der Waals surface area contributed by atoms with Crippen molar-refractivity contribution in [3.8, 4) is 11.8 Å². The second-order valence-corrected chi connectivity index (χ2v) is 4.41. The molecule has 1 aromatic heterocycles. The number of benzene rings is 1. The zero-order valence-corrected chi connectivity index (χ0v) is 10.0. The van der Waals surface area contributed by atoms with Crippen LogP contribution >= 0.6 is 11.3 Å². The number of hydrogen-bond acceptors (Lipinski definition) is 4. The summed E-state index contributed by atoms with van der Waals surface area (Å²) in [6.45, 7) is 1.75. The Morgan fingerprint density at radius 2 is 2.17 bits per heavy atom. The number of thiazole rings is 1. The van der Waals surface area contributed by atoms with Gasteiger partial charge in [-0.1, -0.05) is 0 Å². The first-order chi connectivity index (χ1) is 8.45. The minimum atomic E-state index is -4.50. The molecule has 18 heavy (non-hydrogen) atoms. The highest BCUT2D eigenvalue weighted by Crippen LogP contribution is 2.39. The van der Waals surface area contributed by atoms with Crippen molar-refractivity contribution in [2.24, 2.45) is 0 Å². The van der Waals surface area contributed by atoms with Crippen LogP contribution in [0.3, 0.4) is 0 Å². The van der Waals surface area contributed by atoms with E-state index in [-0.39, 0.29) is 22.9 Å². The van der Waals surface area contributed by atoms with Gasteiger partial charge in [0.2, 0.25) is 0 Å². The number of nitriles is 1. The number of hydrogen-bond donors (Lipinski definition) is 0. The Hall–Kier alpha value is -1.81. The normalized spacial score (nSPS) is 11.5. The van der Waals surface area contributed by atoms with Crippen LogP contribution in [0.2, 0.25) is 0 Å². The van der Waals surface area contributed by atoms with Crippen molar-refractivity contribution in [3.05, 3.63) is 22.7 Å². The summed E-state index contributed by atoms with van der Waals surface area (Å²) in [4.78, 5) is 3.81. The molecule has 3 nitrogen and oxygen atoms in total. The van der Waals surface area contributed by atoms with E-state index in [1.807, 2.05) is 6.07 Å². The van der Waals surface area contributed by atoms with Crippen LogP contribution in [0.5, 0.6) is 5.75 Å². The molecule has 0 N–H and O–H groups in total. The van der Waals surface area contributed by atoms with E-state index in [9.17, 15) is 13.2 Å². The maximum atomic E-state index is 12.8. The van der Waals surface area contributed by atoms with E-state index in [2.05, 4.69) is 4.98 Å². The molecule has 0 fully saturated rings. The van der Waals surface area contributed by atoms with Crippen molar-refractivity contribution >= 4 is 21.6 Å². The quantitative estimate of drug-likeness (QED) is 0.839. The molecule has 1 heterocycles. The Bertz CT molecular complexity index is 627. The first-order valence-corrected chi connectivity index (χ1v) is 5.82. The standard InChI is InChI=1S/C11H7F3N2OS/c1-2-17-8-4-9-7(16-10(5-15)18-9)3-6(8)11(12,13)14/h3-4H,2H2,1H3. The molecule has 0 aliphatic rings. The van der Waals surface area contributed by atoms with Crippen LogP contribution in [-0.2, 0) is 6.18 Å². The van der Waals surface area contributed by atoms with Crippen LogP contribution < -0.4 is 4.74 Å². The van der Waals surface area contributed by atoms with Gasteiger partial charge in [-0.25, -0.2) is 4.98 Å². The second-order valence-electron chi connectivity index (χ2n) is 3.38. The third-order valence-electron chi connectivity index (χ3n) is 2.19. The first-order valence-electron chi connectivity index (χ1n) is 5.00. The third-order valence-corrected chi connectivity index (χ3v) is 3.11. The van der Waals surface area contributed by atoms with E-state index in [0.29, 0.717) is 4.70 Å². The van der Waals surface area contributed by atoms with Crippen LogP contribution in [-0.4, -0.2) is 11.6 Å². The van der Waals surface area contributed by atoms with Gasteiger partial charge in [0, 0.05) is 6.07 Å². The highest BCUT2D eigenvalue weighted by atomic mass is 32.1. The summed E-state index contributed by atoms with van der Waals surface area (Å²) in [5.74, 6) is -0.231. The van der Waals surface area contributed by atoms with Gasteiger partial charge in [0.05, 0.1) is 22.4 Å². The number of alkyl halides is 3. The van der Waals surface area contributed by atoms with E-state index in [4.69, 9.17) is 10.00 Å². The van der Waals surface area contributed by atoms with Crippen LogP contribution in [0.15, 0.2) is 12.1 Å². The number of rotatable bonds is 2. The molecule has 0 aliphatic carbocycles. The molecule has 1 aromatic carbocycles. The zero-order chi connectivity index (χ0) is 13.3. The fourth-order valence-electron chi connectivity index (χ4n) is 1.50. The van der Waals surface area contributed by atoms with Gasteiger partial charge >= 0.3 is 6.18 Å². The molecule has 0 radical (unpaired) electrons. The van der Waals surface area contributed by atoms with Crippen LogP contribution in [0.25, 0.3) is 10.2 Å². The Morgan fingerprint density at radius 3 is 2.72 bits per heavy atom. The summed E-state index contributed by atoms with van der Waals surface area (Å²) in [6.07, 6.45) is -4.50. The lowest BCUT2D eigenvalue weighted by molar-refractivity contribution is -0.138. The van der Waals surface area contributed by atoms with Crippen molar-refractivity contribution in [1.29, 1.82) is 5.26 Å². The SMILES string of the molecule is CCOc1cc2sc(C#N)nc2cc1C(F)(F)F. The fourth-order valence-corrected chi connectivity index (χ4v) is 2.27. The van der Waals surface area contributed by atoms with E-state index < -0.39 is 11.7 Å². The molecular formula is C11H7F3N2OS. The van der Waals surface area contributed by atoms with Crippen molar-refractivity contribution in [1.82, 2.24) is 4.98 Å². The Balaban J connectivity index is 2.67. The molecule has 0 saturated heterocycles. The highest BCUT2D eigenvalue weighted by molar-refractivity contribution is 7.19. The summed E-state index contributed by atoms with van der Waals surface area (Å²) in [6, 6.07) is 4.00. The van der Waals surface area contributed by atoms with Gasteiger partial charge in [0.1, 0.15) is 11.8 Å². The average Bonchev–Trinajstić information content (AvgIpc) is 2.69. The molecule has 2 aromatic rings. The van der Waals surface area contributed by atoms with Gasteiger partial charge in [0.25, 0.3) is 0 Å². The lowest BCUT2D eigenvalue weighted by atomic mass is 10.2. The monoisotopic (exact) mass is 272 g/mol. The Morgan fingerprint density at radius 1 is 1.44 bits per heavy atom. The topological polar surface area (TPSA) is 45.9 Å². The molecule has 0 amide bonds. The number of aromatic nitrogens is 1. The molecule has 0 atom stereocenters. The summed E-state index contributed by atoms with van der Waals surface area (Å²) in [5.41, 5.74) is -0.709. The van der Waals surface area contributed by atoms with Crippen molar-refractivity contribution < 1.29 is 17.9 Å². The molecule has 7 heteroatoms. The maximum absolute atomic E-state index is 12.8. The highest BCUT2D eigenvalue weighted by Gasteiger charge is 2.35.